The van der Waals surface area contributed by atoms with Crippen molar-refractivity contribution in [3.63, 3.8) is 0 Å². The summed E-state index contributed by atoms with van der Waals surface area (Å²) in [7, 11) is 0. The molecule has 1 fully saturated rings. The molecule has 2 heteroatoms. The Labute approximate surface area is 108 Å². The number of likely N-dealkylation sites (tertiary alicyclic amines) is 1. The molecule has 0 aliphatic carbocycles. The molecule has 1 atom stereocenters. The maximum absolute atomic E-state index is 4.20. The molecule has 0 amide bonds. The Bertz CT molecular complexity index is 481. The first-order valence-electron chi connectivity index (χ1n) is 6.61. The first-order chi connectivity index (χ1) is 8.93. The summed E-state index contributed by atoms with van der Waals surface area (Å²) in [6.45, 7) is 2.20. The van der Waals surface area contributed by atoms with E-state index in [2.05, 4.69) is 46.3 Å². The van der Waals surface area contributed by atoms with E-state index in [1.54, 1.807) is 0 Å². The standard InChI is InChI=1S/C16H18N2/c1-2-7-15(8-3-1)16-9-5-11-18(16)13-14-6-4-10-17-12-14/h1-4,6-8,10,12,16H,5,9,11,13H2. The summed E-state index contributed by atoms with van der Waals surface area (Å²) in [5.41, 5.74) is 2.75. The molecule has 3 rings (SSSR count). The van der Waals surface area contributed by atoms with Crippen molar-refractivity contribution in [3.8, 4) is 0 Å². The minimum Gasteiger partial charge on any atom is -0.292 e. The summed E-state index contributed by atoms with van der Waals surface area (Å²) in [6, 6.07) is 15.6. The van der Waals surface area contributed by atoms with E-state index in [1.165, 1.54) is 30.5 Å². The molecule has 2 nitrogen and oxygen atoms in total. The Morgan fingerprint density at radius 3 is 2.78 bits per heavy atom. The fourth-order valence-corrected chi connectivity index (χ4v) is 2.79. The second kappa shape index (κ2) is 5.32. The Morgan fingerprint density at radius 2 is 2.00 bits per heavy atom. The Hall–Kier alpha value is -1.67. The molecule has 2 heterocycles. The van der Waals surface area contributed by atoms with Gasteiger partial charge < -0.3 is 0 Å². The highest BCUT2D eigenvalue weighted by molar-refractivity contribution is 5.20. The van der Waals surface area contributed by atoms with Gasteiger partial charge in [-0.1, -0.05) is 36.4 Å². The number of aromatic nitrogens is 1. The lowest BCUT2D eigenvalue weighted by Gasteiger charge is -2.24. The number of rotatable bonds is 3. The molecule has 0 saturated carbocycles. The molecular formula is C16H18N2. The van der Waals surface area contributed by atoms with Crippen LogP contribution in [0, 0.1) is 0 Å². The zero-order valence-electron chi connectivity index (χ0n) is 10.5. The molecule has 92 valence electrons. The van der Waals surface area contributed by atoms with E-state index in [4.69, 9.17) is 0 Å². The number of hydrogen-bond donors (Lipinski definition) is 0. The van der Waals surface area contributed by atoms with Crippen molar-refractivity contribution >= 4 is 0 Å². The van der Waals surface area contributed by atoms with Crippen LogP contribution in [-0.4, -0.2) is 16.4 Å². The molecule has 0 radical (unpaired) electrons. The van der Waals surface area contributed by atoms with Gasteiger partial charge in [0.2, 0.25) is 0 Å². The first kappa shape index (κ1) is 11.4. The zero-order chi connectivity index (χ0) is 12.2. The van der Waals surface area contributed by atoms with E-state index in [0.717, 1.165) is 6.54 Å². The van der Waals surface area contributed by atoms with Crippen LogP contribution in [-0.2, 0) is 6.54 Å². The van der Waals surface area contributed by atoms with Crippen molar-refractivity contribution in [2.75, 3.05) is 6.54 Å². The molecule has 1 unspecified atom stereocenters. The van der Waals surface area contributed by atoms with Crippen molar-refractivity contribution in [2.24, 2.45) is 0 Å². The average molecular weight is 238 g/mol. The number of pyridine rings is 1. The van der Waals surface area contributed by atoms with E-state index in [-0.39, 0.29) is 0 Å². The minimum atomic E-state index is 0.575. The maximum atomic E-state index is 4.20. The predicted molar refractivity (Wildman–Crippen MR) is 73.1 cm³/mol. The summed E-state index contributed by atoms with van der Waals surface area (Å²) >= 11 is 0. The zero-order valence-corrected chi connectivity index (χ0v) is 10.5. The lowest BCUT2D eigenvalue weighted by Crippen LogP contribution is -2.22. The van der Waals surface area contributed by atoms with Gasteiger partial charge >= 0.3 is 0 Å². The van der Waals surface area contributed by atoms with Crippen molar-refractivity contribution in [3.05, 3.63) is 66.0 Å². The van der Waals surface area contributed by atoms with Crippen LogP contribution >= 0.6 is 0 Å². The van der Waals surface area contributed by atoms with Gasteiger partial charge in [-0.2, -0.15) is 0 Å². The average Bonchev–Trinajstić information content (AvgIpc) is 2.89. The third-order valence-electron chi connectivity index (χ3n) is 3.66. The van der Waals surface area contributed by atoms with Gasteiger partial charge in [-0.05, 0) is 36.6 Å². The molecule has 1 aliphatic heterocycles. The Morgan fingerprint density at radius 1 is 1.11 bits per heavy atom. The van der Waals surface area contributed by atoms with E-state index in [9.17, 15) is 0 Å². The largest absolute Gasteiger partial charge is 0.292 e. The van der Waals surface area contributed by atoms with Crippen molar-refractivity contribution in [2.45, 2.75) is 25.4 Å². The van der Waals surface area contributed by atoms with E-state index >= 15 is 0 Å². The second-order valence-corrected chi connectivity index (χ2v) is 4.90. The molecule has 0 spiro atoms. The van der Waals surface area contributed by atoms with E-state index in [0.29, 0.717) is 6.04 Å². The molecule has 1 aromatic heterocycles. The van der Waals surface area contributed by atoms with Gasteiger partial charge in [0.15, 0.2) is 0 Å². The van der Waals surface area contributed by atoms with Crippen LogP contribution in [0.15, 0.2) is 54.9 Å². The van der Waals surface area contributed by atoms with Crippen LogP contribution in [0.1, 0.15) is 30.0 Å². The van der Waals surface area contributed by atoms with Gasteiger partial charge in [0, 0.05) is 25.0 Å². The summed E-state index contributed by atoms with van der Waals surface area (Å²) < 4.78 is 0. The minimum absolute atomic E-state index is 0.575. The molecule has 0 N–H and O–H groups in total. The highest BCUT2D eigenvalue weighted by Gasteiger charge is 2.25. The molecule has 1 saturated heterocycles. The summed E-state index contributed by atoms with van der Waals surface area (Å²) in [6.07, 6.45) is 6.37. The third kappa shape index (κ3) is 2.44. The monoisotopic (exact) mass is 238 g/mol. The van der Waals surface area contributed by atoms with Gasteiger partial charge in [0.05, 0.1) is 0 Å². The third-order valence-corrected chi connectivity index (χ3v) is 3.66. The number of hydrogen-bond acceptors (Lipinski definition) is 2. The van der Waals surface area contributed by atoms with Gasteiger partial charge in [-0.15, -0.1) is 0 Å². The normalized spacial score (nSPS) is 20.1. The van der Waals surface area contributed by atoms with E-state index in [1.807, 2.05) is 18.5 Å². The topological polar surface area (TPSA) is 16.1 Å². The van der Waals surface area contributed by atoms with Crippen molar-refractivity contribution in [1.29, 1.82) is 0 Å². The Balaban J connectivity index is 1.76. The highest BCUT2D eigenvalue weighted by atomic mass is 15.2. The summed E-state index contributed by atoms with van der Waals surface area (Å²) in [5, 5.41) is 0. The van der Waals surface area contributed by atoms with E-state index < -0.39 is 0 Å². The lowest BCUT2D eigenvalue weighted by molar-refractivity contribution is 0.248. The Kier molecular flexibility index (Phi) is 3.37. The fourth-order valence-electron chi connectivity index (χ4n) is 2.79. The van der Waals surface area contributed by atoms with Crippen LogP contribution in [0.3, 0.4) is 0 Å². The number of benzene rings is 1. The summed E-state index contributed by atoms with van der Waals surface area (Å²) in [4.78, 5) is 6.76. The molecule has 1 aromatic carbocycles. The van der Waals surface area contributed by atoms with Gasteiger partial charge in [-0.3, -0.25) is 9.88 Å². The van der Waals surface area contributed by atoms with Gasteiger partial charge in [0.1, 0.15) is 0 Å². The molecule has 18 heavy (non-hydrogen) atoms. The maximum Gasteiger partial charge on any atom is 0.0352 e. The number of nitrogens with zero attached hydrogens (tertiary/aromatic N) is 2. The summed E-state index contributed by atoms with van der Waals surface area (Å²) in [5.74, 6) is 0. The quantitative estimate of drug-likeness (QED) is 0.814. The van der Waals surface area contributed by atoms with Crippen LogP contribution in [0.25, 0.3) is 0 Å². The second-order valence-electron chi connectivity index (χ2n) is 4.90. The molecular weight excluding hydrogens is 220 g/mol. The fraction of sp³-hybridized carbons (Fsp3) is 0.312. The molecule has 0 bridgehead atoms. The van der Waals surface area contributed by atoms with Crippen LogP contribution in [0.5, 0.6) is 0 Å². The van der Waals surface area contributed by atoms with Gasteiger partial charge in [-0.25, -0.2) is 0 Å². The first-order valence-corrected chi connectivity index (χ1v) is 6.61. The predicted octanol–water partition coefficient (Wildman–Crippen LogP) is 3.42. The highest BCUT2D eigenvalue weighted by Crippen LogP contribution is 2.32. The molecule has 2 aromatic rings. The van der Waals surface area contributed by atoms with Crippen LogP contribution in [0.2, 0.25) is 0 Å². The lowest BCUT2D eigenvalue weighted by atomic mass is 10.0. The van der Waals surface area contributed by atoms with Crippen molar-refractivity contribution < 1.29 is 0 Å². The smallest absolute Gasteiger partial charge is 0.0352 e. The SMILES string of the molecule is c1ccc(C2CCCN2Cc2cccnc2)cc1. The van der Waals surface area contributed by atoms with Crippen molar-refractivity contribution in [1.82, 2.24) is 9.88 Å². The molecule has 1 aliphatic rings. The van der Waals surface area contributed by atoms with Crippen LogP contribution in [0.4, 0.5) is 0 Å². The van der Waals surface area contributed by atoms with Crippen LogP contribution < -0.4 is 0 Å². The van der Waals surface area contributed by atoms with Gasteiger partial charge in [0.25, 0.3) is 0 Å².